The summed E-state index contributed by atoms with van der Waals surface area (Å²) < 4.78 is 0. The molecule has 1 N–H and O–H groups in total. The summed E-state index contributed by atoms with van der Waals surface area (Å²) in [6, 6.07) is 6.34. The maximum atomic E-state index is 4.51. The van der Waals surface area contributed by atoms with E-state index >= 15 is 0 Å². The van der Waals surface area contributed by atoms with E-state index in [1.807, 2.05) is 6.20 Å². The van der Waals surface area contributed by atoms with Crippen LogP contribution in [-0.2, 0) is 6.54 Å². The van der Waals surface area contributed by atoms with Crippen molar-refractivity contribution in [3.05, 3.63) is 40.2 Å². The monoisotopic (exact) mass is 275 g/mol. The van der Waals surface area contributed by atoms with Gasteiger partial charge in [0.25, 0.3) is 0 Å². The van der Waals surface area contributed by atoms with E-state index in [2.05, 4.69) is 59.6 Å². The Bertz CT molecular complexity index is 500. The molecular weight excluding hydrogens is 254 g/mol. The predicted octanol–water partition coefficient (Wildman–Crippen LogP) is 3.91. The first kappa shape index (κ1) is 13.9. The molecule has 3 nitrogen and oxygen atoms in total. The molecular formula is C15H21N3S. The summed E-state index contributed by atoms with van der Waals surface area (Å²) in [5, 5.41) is 5.55. The highest BCUT2D eigenvalue weighted by molar-refractivity contribution is 7.10. The Morgan fingerprint density at radius 3 is 2.53 bits per heavy atom. The van der Waals surface area contributed by atoms with Gasteiger partial charge >= 0.3 is 0 Å². The van der Waals surface area contributed by atoms with E-state index in [1.165, 1.54) is 10.4 Å². The Balaban J connectivity index is 1.97. The van der Waals surface area contributed by atoms with Gasteiger partial charge in [0, 0.05) is 24.5 Å². The molecule has 0 radical (unpaired) electrons. The summed E-state index contributed by atoms with van der Waals surface area (Å²) in [6.45, 7) is 9.30. The number of hydrogen-bond donors (Lipinski definition) is 1. The van der Waals surface area contributed by atoms with E-state index in [4.69, 9.17) is 0 Å². The Kier molecular flexibility index (Phi) is 4.80. The molecule has 4 heteroatoms. The van der Waals surface area contributed by atoms with Crippen LogP contribution in [0.5, 0.6) is 0 Å². The number of thiophene rings is 1. The fourth-order valence-corrected chi connectivity index (χ4v) is 2.84. The van der Waals surface area contributed by atoms with Crippen molar-refractivity contribution < 1.29 is 0 Å². The molecule has 0 amide bonds. The minimum absolute atomic E-state index is 0.871. The van der Waals surface area contributed by atoms with Crippen molar-refractivity contribution in [1.29, 1.82) is 0 Å². The second-order valence-corrected chi connectivity index (χ2v) is 5.46. The normalized spacial score (nSPS) is 10.5. The third kappa shape index (κ3) is 3.47. The predicted molar refractivity (Wildman–Crippen MR) is 84.2 cm³/mol. The number of aromatic nitrogens is 1. The number of pyridine rings is 1. The average molecular weight is 275 g/mol. The highest BCUT2D eigenvalue weighted by atomic mass is 32.1. The van der Waals surface area contributed by atoms with E-state index < -0.39 is 0 Å². The molecule has 2 aromatic rings. The highest BCUT2D eigenvalue weighted by Crippen LogP contribution is 2.18. The molecule has 2 heterocycles. The summed E-state index contributed by atoms with van der Waals surface area (Å²) in [4.78, 5) is 8.14. The lowest BCUT2D eigenvalue weighted by Crippen LogP contribution is -2.22. The van der Waals surface area contributed by atoms with Crippen molar-refractivity contribution >= 4 is 22.8 Å². The van der Waals surface area contributed by atoms with Gasteiger partial charge in [-0.05, 0) is 49.9 Å². The molecule has 0 atom stereocenters. The molecule has 0 spiro atoms. The van der Waals surface area contributed by atoms with E-state index in [0.717, 1.165) is 31.1 Å². The fourth-order valence-electron chi connectivity index (χ4n) is 1.99. The molecule has 0 aromatic carbocycles. The van der Waals surface area contributed by atoms with Crippen LogP contribution in [0.4, 0.5) is 11.5 Å². The van der Waals surface area contributed by atoms with Crippen LogP contribution in [0.15, 0.2) is 29.8 Å². The third-order valence-corrected chi connectivity index (χ3v) is 4.28. The molecule has 19 heavy (non-hydrogen) atoms. The van der Waals surface area contributed by atoms with Gasteiger partial charge in [0.05, 0.1) is 11.9 Å². The summed E-state index contributed by atoms with van der Waals surface area (Å²) in [5.74, 6) is 1.04. The van der Waals surface area contributed by atoms with Crippen molar-refractivity contribution in [3.8, 4) is 0 Å². The van der Waals surface area contributed by atoms with Crippen molar-refractivity contribution in [2.45, 2.75) is 27.3 Å². The Hall–Kier alpha value is -1.55. The lowest BCUT2D eigenvalue weighted by molar-refractivity contribution is 0.846. The van der Waals surface area contributed by atoms with Crippen LogP contribution in [0, 0.1) is 6.92 Å². The van der Waals surface area contributed by atoms with Crippen molar-refractivity contribution in [2.75, 3.05) is 23.3 Å². The number of hydrogen-bond acceptors (Lipinski definition) is 4. The molecule has 2 rings (SSSR count). The standard InChI is InChI=1S/C15H21N3S/c1-4-18(5-2)15-7-6-13(10-17-15)16-11-14-12(3)8-9-19-14/h6-10,16H,4-5,11H2,1-3H3. The first-order valence-corrected chi connectivity index (χ1v) is 7.60. The lowest BCUT2D eigenvalue weighted by Gasteiger charge is -2.19. The van der Waals surface area contributed by atoms with E-state index in [9.17, 15) is 0 Å². The van der Waals surface area contributed by atoms with Gasteiger partial charge in [-0.3, -0.25) is 0 Å². The number of aryl methyl sites for hydroxylation is 1. The Morgan fingerprint density at radius 1 is 1.21 bits per heavy atom. The van der Waals surface area contributed by atoms with Crippen LogP contribution < -0.4 is 10.2 Å². The van der Waals surface area contributed by atoms with Gasteiger partial charge in [0.15, 0.2) is 0 Å². The maximum Gasteiger partial charge on any atom is 0.128 e. The minimum Gasteiger partial charge on any atom is -0.379 e. The molecule has 0 saturated carbocycles. The molecule has 0 fully saturated rings. The topological polar surface area (TPSA) is 28.2 Å². The highest BCUT2D eigenvalue weighted by Gasteiger charge is 2.03. The largest absolute Gasteiger partial charge is 0.379 e. The quantitative estimate of drug-likeness (QED) is 0.866. The molecule has 0 bridgehead atoms. The molecule has 0 aliphatic heterocycles. The second kappa shape index (κ2) is 6.57. The zero-order valence-corrected chi connectivity index (χ0v) is 12.6. The second-order valence-electron chi connectivity index (χ2n) is 4.46. The fraction of sp³-hybridized carbons (Fsp3) is 0.400. The van der Waals surface area contributed by atoms with Crippen LogP contribution in [0.1, 0.15) is 24.3 Å². The molecule has 0 aliphatic carbocycles. The van der Waals surface area contributed by atoms with Gasteiger partial charge in [-0.1, -0.05) is 0 Å². The number of rotatable bonds is 6. The lowest BCUT2D eigenvalue weighted by atomic mass is 10.3. The SMILES string of the molecule is CCN(CC)c1ccc(NCc2sccc2C)cn1. The van der Waals surface area contributed by atoms with Crippen LogP contribution >= 0.6 is 11.3 Å². The van der Waals surface area contributed by atoms with E-state index in [-0.39, 0.29) is 0 Å². The van der Waals surface area contributed by atoms with Crippen molar-refractivity contribution in [1.82, 2.24) is 4.98 Å². The van der Waals surface area contributed by atoms with Crippen LogP contribution in [0.3, 0.4) is 0 Å². The summed E-state index contributed by atoms with van der Waals surface area (Å²) in [5.41, 5.74) is 2.42. The minimum atomic E-state index is 0.871. The van der Waals surface area contributed by atoms with E-state index in [0.29, 0.717) is 0 Å². The van der Waals surface area contributed by atoms with Crippen LogP contribution in [0.25, 0.3) is 0 Å². The first-order chi connectivity index (χ1) is 9.24. The molecule has 2 aromatic heterocycles. The Labute approximate surface area is 119 Å². The van der Waals surface area contributed by atoms with Gasteiger partial charge in [0.1, 0.15) is 5.82 Å². The van der Waals surface area contributed by atoms with Crippen molar-refractivity contribution in [3.63, 3.8) is 0 Å². The van der Waals surface area contributed by atoms with Gasteiger partial charge in [-0.25, -0.2) is 4.98 Å². The Morgan fingerprint density at radius 2 is 2.00 bits per heavy atom. The maximum absolute atomic E-state index is 4.51. The first-order valence-electron chi connectivity index (χ1n) is 6.72. The molecule has 0 unspecified atom stereocenters. The zero-order chi connectivity index (χ0) is 13.7. The van der Waals surface area contributed by atoms with E-state index in [1.54, 1.807) is 11.3 Å². The summed E-state index contributed by atoms with van der Waals surface area (Å²) in [7, 11) is 0. The van der Waals surface area contributed by atoms with Gasteiger partial charge in [0.2, 0.25) is 0 Å². The van der Waals surface area contributed by atoms with Crippen molar-refractivity contribution in [2.24, 2.45) is 0 Å². The van der Waals surface area contributed by atoms with Crippen LogP contribution in [-0.4, -0.2) is 18.1 Å². The summed E-state index contributed by atoms with van der Waals surface area (Å²) in [6.07, 6.45) is 1.91. The van der Waals surface area contributed by atoms with Gasteiger partial charge in [-0.15, -0.1) is 11.3 Å². The smallest absolute Gasteiger partial charge is 0.128 e. The molecule has 0 saturated heterocycles. The zero-order valence-electron chi connectivity index (χ0n) is 11.8. The van der Waals surface area contributed by atoms with Gasteiger partial charge < -0.3 is 10.2 Å². The molecule has 0 aliphatic rings. The number of nitrogens with zero attached hydrogens (tertiary/aromatic N) is 2. The third-order valence-electron chi connectivity index (χ3n) is 3.26. The molecule has 102 valence electrons. The van der Waals surface area contributed by atoms with Gasteiger partial charge in [-0.2, -0.15) is 0 Å². The van der Waals surface area contributed by atoms with Crippen LogP contribution in [0.2, 0.25) is 0 Å². The summed E-state index contributed by atoms with van der Waals surface area (Å²) >= 11 is 1.79. The average Bonchev–Trinajstić information content (AvgIpc) is 2.85. The number of anilines is 2. The number of nitrogens with one attached hydrogen (secondary N) is 1.